The number of aryl methyl sites for hydroxylation is 1. The van der Waals surface area contributed by atoms with Gasteiger partial charge in [0, 0.05) is 35.4 Å². The van der Waals surface area contributed by atoms with Gasteiger partial charge < -0.3 is 21.1 Å². The lowest BCUT2D eigenvalue weighted by atomic mass is 9.76. The van der Waals surface area contributed by atoms with Crippen molar-refractivity contribution >= 4 is 23.3 Å². The zero-order valence-corrected chi connectivity index (χ0v) is 20.2. The second kappa shape index (κ2) is 7.52. The first-order chi connectivity index (χ1) is 16.6. The van der Waals surface area contributed by atoms with Gasteiger partial charge >= 0.3 is 0 Å². The lowest BCUT2D eigenvalue weighted by molar-refractivity contribution is 0.0128. The van der Waals surface area contributed by atoms with E-state index < -0.39 is 11.6 Å². The molecular weight excluding hydrogens is 444 g/mol. The minimum Gasteiger partial charge on any atom is -0.393 e. The van der Waals surface area contributed by atoms with Crippen molar-refractivity contribution in [1.82, 2.24) is 24.8 Å². The van der Waals surface area contributed by atoms with Crippen LogP contribution in [-0.4, -0.2) is 54.1 Å². The van der Waals surface area contributed by atoms with Gasteiger partial charge in [0.05, 0.1) is 11.8 Å². The number of hydrogen-bond acceptors (Lipinski definition) is 6. The van der Waals surface area contributed by atoms with Gasteiger partial charge in [-0.1, -0.05) is 0 Å². The number of carbonyl (C=O) groups is 2. The van der Waals surface area contributed by atoms with Crippen molar-refractivity contribution in [3.8, 4) is 11.3 Å². The summed E-state index contributed by atoms with van der Waals surface area (Å²) in [7, 11) is 0. The second-order valence-corrected chi connectivity index (χ2v) is 10.8. The minimum absolute atomic E-state index is 0.107. The van der Waals surface area contributed by atoms with Gasteiger partial charge in [0.2, 0.25) is 0 Å². The highest BCUT2D eigenvalue weighted by atomic mass is 16.3. The number of nitrogen functional groups attached to an aromatic ring is 1. The van der Waals surface area contributed by atoms with Gasteiger partial charge in [-0.05, 0) is 81.7 Å². The molecule has 3 aromatic rings. The largest absolute Gasteiger partial charge is 0.393 e. The summed E-state index contributed by atoms with van der Waals surface area (Å²) in [5.74, 6) is 0.483. The first-order valence-corrected chi connectivity index (χ1v) is 12.2. The quantitative estimate of drug-likeness (QED) is 0.522. The van der Waals surface area contributed by atoms with Gasteiger partial charge in [-0.2, -0.15) is 0 Å². The number of hydrogen-bond donors (Lipinski definition) is 3. The highest BCUT2D eigenvalue weighted by Crippen LogP contribution is 2.40. The molecule has 2 aliphatic carbocycles. The molecule has 6 rings (SSSR count). The molecule has 2 fully saturated rings. The Balaban J connectivity index is 1.34. The predicted molar refractivity (Wildman–Crippen MR) is 131 cm³/mol. The molecule has 0 radical (unpaired) electrons. The molecule has 0 saturated heterocycles. The highest BCUT2D eigenvalue weighted by molar-refractivity contribution is 6.05. The summed E-state index contributed by atoms with van der Waals surface area (Å²) in [5.41, 5.74) is 10.6. The number of rotatable bonds is 5. The van der Waals surface area contributed by atoms with E-state index in [1.807, 2.05) is 36.9 Å². The Morgan fingerprint density at radius 2 is 2.06 bits per heavy atom. The fourth-order valence-corrected chi connectivity index (χ4v) is 5.74. The number of nitrogens with one attached hydrogen (secondary N) is 1. The molecule has 3 aliphatic rings. The molecule has 1 aliphatic heterocycles. The molecule has 2 amide bonds. The molecule has 9 heteroatoms. The number of amides is 2. The van der Waals surface area contributed by atoms with Crippen LogP contribution in [0, 0.1) is 12.8 Å². The summed E-state index contributed by atoms with van der Waals surface area (Å²) < 4.78 is 1.51. The van der Waals surface area contributed by atoms with Crippen LogP contribution in [0.2, 0.25) is 0 Å². The van der Waals surface area contributed by atoms with Crippen LogP contribution in [-0.2, 0) is 6.54 Å². The third kappa shape index (κ3) is 3.56. The number of aliphatic hydroxyl groups excluding tert-OH is 1. The maximum Gasteiger partial charge on any atom is 0.259 e. The number of carbonyl (C=O) groups excluding carboxylic acids is 2. The first kappa shape index (κ1) is 22.0. The van der Waals surface area contributed by atoms with Crippen molar-refractivity contribution in [2.75, 3.05) is 5.73 Å². The molecule has 4 N–H and O–H groups in total. The van der Waals surface area contributed by atoms with E-state index in [1.165, 1.54) is 17.4 Å². The molecule has 0 bridgehead atoms. The van der Waals surface area contributed by atoms with Crippen molar-refractivity contribution in [3.63, 3.8) is 0 Å². The molecule has 182 valence electrons. The molecule has 0 unspecified atom stereocenters. The van der Waals surface area contributed by atoms with E-state index in [0.29, 0.717) is 36.6 Å². The molecule has 35 heavy (non-hydrogen) atoms. The number of fused-ring (bicyclic) bond motifs is 2. The Morgan fingerprint density at radius 3 is 2.74 bits per heavy atom. The summed E-state index contributed by atoms with van der Waals surface area (Å²) >= 11 is 0. The molecular formula is C26H30N6O3. The molecule has 3 heterocycles. The van der Waals surface area contributed by atoms with E-state index in [1.54, 1.807) is 6.20 Å². The Morgan fingerprint density at radius 1 is 1.31 bits per heavy atom. The maximum absolute atomic E-state index is 13.1. The number of aromatic nitrogens is 3. The van der Waals surface area contributed by atoms with Crippen LogP contribution < -0.4 is 11.1 Å². The van der Waals surface area contributed by atoms with Crippen molar-refractivity contribution < 1.29 is 14.7 Å². The predicted octanol–water partition coefficient (Wildman–Crippen LogP) is 2.68. The van der Waals surface area contributed by atoms with Crippen LogP contribution in [0.3, 0.4) is 0 Å². The van der Waals surface area contributed by atoms with E-state index in [4.69, 9.17) is 10.7 Å². The zero-order chi connectivity index (χ0) is 24.6. The van der Waals surface area contributed by atoms with Gasteiger partial charge in [-0.15, -0.1) is 5.10 Å². The van der Waals surface area contributed by atoms with Crippen LogP contribution in [0.5, 0.6) is 0 Å². The van der Waals surface area contributed by atoms with Crippen LogP contribution in [0.1, 0.15) is 71.4 Å². The van der Waals surface area contributed by atoms with Gasteiger partial charge in [0.1, 0.15) is 5.56 Å². The zero-order valence-electron chi connectivity index (χ0n) is 20.2. The standard InChI is InChI=1S/C26H30N6O3/c1-13-8-16(9-17-12-31(25(35)20(13)17)14(2)15-4-5-15)19-6-7-32-23(28-19)21(22(27)30-32)24(34)29-26(3)10-18(33)11-26/h6-9,14-15,18,33H,4-5,10-12H2,1-3H3,(H2,27,30)(H,29,34)/t14-,18-,26-/m0/s1. The summed E-state index contributed by atoms with van der Waals surface area (Å²) in [6.45, 7) is 6.63. The van der Waals surface area contributed by atoms with Crippen molar-refractivity contribution in [2.24, 2.45) is 5.92 Å². The Bertz CT molecular complexity index is 1390. The van der Waals surface area contributed by atoms with Crippen molar-refractivity contribution in [1.29, 1.82) is 0 Å². The normalized spacial score (nSPS) is 24.4. The third-order valence-corrected chi connectivity index (χ3v) is 7.85. The summed E-state index contributed by atoms with van der Waals surface area (Å²) in [5, 5.41) is 16.9. The lowest BCUT2D eigenvalue weighted by Gasteiger charge is -2.43. The highest BCUT2D eigenvalue weighted by Gasteiger charge is 2.42. The fourth-order valence-electron chi connectivity index (χ4n) is 5.74. The summed E-state index contributed by atoms with van der Waals surface area (Å²) in [4.78, 5) is 33.0. The second-order valence-electron chi connectivity index (χ2n) is 10.8. The monoisotopic (exact) mass is 474 g/mol. The molecule has 2 saturated carbocycles. The first-order valence-electron chi connectivity index (χ1n) is 12.2. The van der Waals surface area contributed by atoms with E-state index in [-0.39, 0.29) is 29.2 Å². The van der Waals surface area contributed by atoms with E-state index in [0.717, 1.165) is 22.3 Å². The number of nitrogens with zero attached hydrogens (tertiary/aromatic N) is 4. The van der Waals surface area contributed by atoms with Crippen LogP contribution in [0.25, 0.3) is 16.9 Å². The average molecular weight is 475 g/mol. The number of nitrogens with two attached hydrogens (primary N) is 1. The van der Waals surface area contributed by atoms with E-state index >= 15 is 0 Å². The Hall–Kier alpha value is -3.46. The fraction of sp³-hybridized carbons (Fsp3) is 0.462. The molecule has 2 aromatic heterocycles. The smallest absolute Gasteiger partial charge is 0.259 e. The maximum atomic E-state index is 13.1. The van der Waals surface area contributed by atoms with Gasteiger partial charge in [-0.25, -0.2) is 9.50 Å². The van der Waals surface area contributed by atoms with Gasteiger partial charge in [0.25, 0.3) is 11.8 Å². The SMILES string of the molecule is Cc1cc(-c2ccn3nc(N)c(C(=O)N[C@]4(C)C[C@@H](O)C4)c3n2)cc2c1C(=O)N([C@@H](C)C1CC1)C2. The van der Waals surface area contributed by atoms with Crippen LogP contribution in [0.4, 0.5) is 5.82 Å². The lowest BCUT2D eigenvalue weighted by Crippen LogP contribution is -2.57. The summed E-state index contributed by atoms with van der Waals surface area (Å²) in [6, 6.07) is 6.11. The molecule has 0 spiro atoms. The Kier molecular flexibility index (Phi) is 4.73. The van der Waals surface area contributed by atoms with Crippen LogP contribution >= 0.6 is 0 Å². The van der Waals surface area contributed by atoms with Gasteiger partial charge in [-0.3, -0.25) is 9.59 Å². The average Bonchev–Trinajstić information content (AvgIpc) is 3.49. The van der Waals surface area contributed by atoms with E-state index in [9.17, 15) is 14.7 Å². The molecule has 9 nitrogen and oxygen atoms in total. The van der Waals surface area contributed by atoms with Crippen molar-refractivity contribution in [3.05, 3.63) is 46.6 Å². The number of anilines is 1. The minimum atomic E-state index is -0.470. The number of benzene rings is 1. The Labute approximate surface area is 203 Å². The summed E-state index contributed by atoms with van der Waals surface area (Å²) in [6.07, 6.45) is 4.73. The van der Waals surface area contributed by atoms with E-state index in [2.05, 4.69) is 17.3 Å². The molecule has 1 atom stereocenters. The molecule has 1 aromatic carbocycles. The van der Waals surface area contributed by atoms with Crippen LogP contribution in [0.15, 0.2) is 24.4 Å². The topological polar surface area (TPSA) is 126 Å². The third-order valence-electron chi connectivity index (χ3n) is 7.85. The van der Waals surface area contributed by atoms with Gasteiger partial charge in [0.15, 0.2) is 11.5 Å². The number of aliphatic hydroxyl groups is 1. The van der Waals surface area contributed by atoms with Crippen molar-refractivity contribution in [2.45, 2.75) is 70.7 Å².